The fourth-order valence-corrected chi connectivity index (χ4v) is 10.3. The van der Waals surface area contributed by atoms with Gasteiger partial charge in [-0.1, -0.05) is 71.1 Å². The largest absolute Gasteiger partial charge is 0.460 e. The number of amides is 1. The van der Waals surface area contributed by atoms with Crippen molar-refractivity contribution >= 4 is 23.4 Å². The predicted octanol–water partition coefficient (Wildman–Crippen LogP) is 5.97. The fourth-order valence-electron chi connectivity index (χ4n) is 10.3. The maximum atomic E-state index is 14.4. The second-order valence-electron chi connectivity index (χ2n) is 19.8. The average molecular weight is 916 g/mol. The lowest BCUT2D eigenvalue weighted by molar-refractivity contribution is -0.265. The zero-order valence-corrected chi connectivity index (χ0v) is 40.7. The molecule has 0 aromatic carbocycles. The summed E-state index contributed by atoms with van der Waals surface area (Å²) in [5.41, 5.74) is 1.34. The SMILES string of the molecule is CO[C@H]1[C@@H](O)[C@H](C)C[C@H](C)/C=C/C=C/C=C(\C)[C@@H](OC)C[C@@H]2CC[C@@H](C)[C@@](O)(O2)C(=O)C(=O)N2CCCC[C@H]2C(=O)O[C@H]([C@H](C)C[C@@H]2CC[C@@H](O)[C@H](OC)C2)CC(=O)[C@H](C)/C=C(\C)[C@H]1O. The summed E-state index contributed by atoms with van der Waals surface area (Å²) in [7, 11) is 4.59. The van der Waals surface area contributed by atoms with E-state index in [9.17, 15) is 39.6 Å². The molecule has 368 valence electrons. The first-order valence-electron chi connectivity index (χ1n) is 24.1. The molecule has 3 aliphatic heterocycles. The molecule has 16 atom stereocenters. The van der Waals surface area contributed by atoms with Crippen LogP contribution in [0.4, 0.5) is 0 Å². The molecule has 4 rings (SSSR count). The molecule has 3 fully saturated rings. The van der Waals surface area contributed by atoms with Crippen LogP contribution in [0.5, 0.6) is 0 Å². The molecule has 0 aromatic heterocycles. The standard InChI is InChI=1S/C51H81NO13/c1-30-16-12-11-13-17-31(2)42(61-8)28-38-21-19-36(7)51(60,65-38)48(57)49(58)52-23-15-14-18-39(52)50(59)64-43(33(4)26-37-20-22-40(53)44(27-37)62-9)29-41(54)32(3)25-35(6)46(56)47(63-10)45(55)34(5)24-30/h11-13,16-17,25,30,32-34,36-40,42-47,53,55-56,60H,14-15,18-24,26-29H2,1-10H3/b13-11+,16-12+,31-17+,35-25+/t30-,32-,33-,34-,36-,37+,38+,39+,40-,42+,43+,44-,45+,46-,47+,51-/m1/s1. The van der Waals surface area contributed by atoms with Crippen LogP contribution in [0, 0.1) is 35.5 Å². The zero-order valence-electron chi connectivity index (χ0n) is 40.7. The molecule has 0 spiro atoms. The molecule has 0 aromatic rings. The van der Waals surface area contributed by atoms with Crippen molar-refractivity contribution in [3.05, 3.63) is 47.6 Å². The molecule has 0 radical (unpaired) electrons. The van der Waals surface area contributed by atoms with Gasteiger partial charge in [-0.3, -0.25) is 14.4 Å². The number of cyclic esters (lactones) is 1. The summed E-state index contributed by atoms with van der Waals surface area (Å²) in [4.78, 5) is 58.1. The quantitative estimate of drug-likeness (QED) is 0.138. The van der Waals surface area contributed by atoms with Crippen LogP contribution in [-0.4, -0.2) is 137 Å². The number of rotatable bonds is 6. The fraction of sp³-hybridized carbons (Fsp3) is 0.765. The van der Waals surface area contributed by atoms with Crippen molar-refractivity contribution in [1.82, 2.24) is 4.90 Å². The van der Waals surface area contributed by atoms with Gasteiger partial charge >= 0.3 is 5.97 Å². The minimum absolute atomic E-state index is 0.0801. The molecule has 65 heavy (non-hydrogen) atoms. The summed E-state index contributed by atoms with van der Waals surface area (Å²) < 4.78 is 29.5. The maximum absolute atomic E-state index is 14.4. The number of carbonyl (C=O) groups is 4. The Morgan fingerprint density at radius 3 is 2.25 bits per heavy atom. The summed E-state index contributed by atoms with van der Waals surface area (Å²) in [5, 5.41) is 45.3. The van der Waals surface area contributed by atoms with Crippen LogP contribution in [-0.2, 0) is 42.9 Å². The first kappa shape index (κ1) is 54.5. The van der Waals surface area contributed by atoms with Gasteiger partial charge in [0.25, 0.3) is 11.7 Å². The van der Waals surface area contributed by atoms with Gasteiger partial charge < -0.3 is 49.0 Å². The van der Waals surface area contributed by atoms with Crippen LogP contribution in [0.3, 0.4) is 0 Å². The van der Waals surface area contributed by atoms with Crippen molar-refractivity contribution in [2.24, 2.45) is 35.5 Å². The lowest BCUT2D eigenvalue weighted by Crippen LogP contribution is -2.61. The van der Waals surface area contributed by atoms with Gasteiger partial charge in [0.2, 0.25) is 5.79 Å². The number of Topliss-reactive ketones (excluding diaryl/α,β-unsaturated/α-hetero) is 2. The number of hydrogen-bond donors (Lipinski definition) is 4. The summed E-state index contributed by atoms with van der Waals surface area (Å²) in [6.07, 6.45) is 10.9. The number of piperidine rings is 1. The van der Waals surface area contributed by atoms with Crippen molar-refractivity contribution < 1.29 is 63.3 Å². The van der Waals surface area contributed by atoms with Gasteiger partial charge in [-0.2, -0.15) is 0 Å². The molecule has 1 aliphatic carbocycles. The van der Waals surface area contributed by atoms with Gasteiger partial charge in [-0.15, -0.1) is 0 Å². The molecule has 1 amide bonds. The van der Waals surface area contributed by atoms with Crippen LogP contribution in [0.2, 0.25) is 0 Å². The van der Waals surface area contributed by atoms with Crippen molar-refractivity contribution in [2.45, 2.75) is 186 Å². The number of carbonyl (C=O) groups excluding carboxylic acids is 4. The normalized spacial score (nSPS) is 41.5. The number of ketones is 2. The van der Waals surface area contributed by atoms with E-state index < -0.39 is 84.1 Å². The first-order valence-corrected chi connectivity index (χ1v) is 24.1. The summed E-state index contributed by atoms with van der Waals surface area (Å²) in [6, 6.07) is -1.13. The van der Waals surface area contributed by atoms with E-state index in [1.165, 1.54) is 12.0 Å². The monoisotopic (exact) mass is 916 g/mol. The molecule has 0 unspecified atom stereocenters. The Hall–Kier alpha value is -3.08. The van der Waals surface area contributed by atoms with Crippen molar-refractivity contribution in [3.63, 3.8) is 0 Å². The third-order valence-corrected chi connectivity index (χ3v) is 14.7. The number of allylic oxidation sites excluding steroid dienone is 6. The Morgan fingerprint density at radius 1 is 0.846 bits per heavy atom. The smallest absolute Gasteiger partial charge is 0.329 e. The van der Waals surface area contributed by atoms with Gasteiger partial charge in [-0.25, -0.2) is 4.79 Å². The highest BCUT2D eigenvalue weighted by Gasteiger charge is 2.53. The minimum atomic E-state index is -2.42. The van der Waals surface area contributed by atoms with Crippen LogP contribution in [0.1, 0.15) is 126 Å². The molecule has 4 N–H and O–H groups in total. The molecule has 14 nitrogen and oxygen atoms in total. The minimum Gasteiger partial charge on any atom is -0.460 e. The van der Waals surface area contributed by atoms with Gasteiger partial charge in [0.1, 0.15) is 30.1 Å². The number of methoxy groups -OCH3 is 3. The lowest BCUT2D eigenvalue weighted by Gasteiger charge is -2.42. The van der Waals surface area contributed by atoms with Gasteiger partial charge in [-0.05, 0) is 113 Å². The van der Waals surface area contributed by atoms with Gasteiger partial charge in [0, 0.05) is 52.6 Å². The van der Waals surface area contributed by atoms with E-state index in [4.69, 9.17) is 23.7 Å². The van der Waals surface area contributed by atoms with E-state index in [0.29, 0.717) is 63.4 Å². The van der Waals surface area contributed by atoms with Crippen LogP contribution < -0.4 is 0 Å². The zero-order chi connectivity index (χ0) is 48.2. The maximum Gasteiger partial charge on any atom is 0.329 e. The molecule has 14 heteroatoms. The molecule has 2 bridgehead atoms. The van der Waals surface area contributed by atoms with Crippen molar-refractivity contribution in [3.8, 4) is 0 Å². The highest BCUT2D eigenvalue weighted by atomic mass is 16.6. The number of fused-ring (bicyclic) bond motifs is 3. The number of aliphatic hydroxyl groups is 4. The van der Waals surface area contributed by atoms with Gasteiger partial charge in [0.05, 0.1) is 30.5 Å². The lowest BCUT2D eigenvalue weighted by atomic mass is 9.78. The summed E-state index contributed by atoms with van der Waals surface area (Å²) >= 11 is 0. The Bertz CT molecular complexity index is 1710. The first-order chi connectivity index (χ1) is 30.7. The van der Waals surface area contributed by atoms with Crippen molar-refractivity contribution in [1.29, 1.82) is 0 Å². The Morgan fingerprint density at radius 2 is 1.57 bits per heavy atom. The topological polar surface area (TPSA) is 199 Å². The van der Waals surface area contributed by atoms with Crippen LogP contribution >= 0.6 is 0 Å². The van der Waals surface area contributed by atoms with Gasteiger partial charge in [0.15, 0.2) is 0 Å². The molecular formula is C51H81NO13. The number of nitrogens with zero attached hydrogens (tertiary/aromatic N) is 1. The molecule has 3 heterocycles. The van der Waals surface area contributed by atoms with E-state index >= 15 is 0 Å². The third-order valence-electron chi connectivity index (χ3n) is 14.7. The van der Waals surface area contributed by atoms with E-state index in [-0.39, 0.29) is 54.9 Å². The number of esters is 1. The molecule has 1 saturated carbocycles. The van der Waals surface area contributed by atoms with E-state index in [0.717, 1.165) is 12.0 Å². The summed E-state index contributed by atoms with van der Waals surface area (Å²) in [5.74, 6) is -7.35. The molecular weight excluding hydrogens is 835 g/mol. The number of hydrogen-bond acceptors (Lipinski definition) is 13. The molecule has 2 saturated heterocycles. The predicted molar refractivity (Wildman–Crippen MR) is 246 cm³/mol. The second-order valence-corrected chi connectivity index (χ2v) is 19.8. The Labute approximate surface area is 387 Å². The van der Waals surface area contributed by atoms with E-state index in [1.807, 2.05) is 58.1 Å². The average Bonchev–Trinajstić information content (AvgIpc) is 3.28. The number of aliphatic hydroxyl groups excluding tert-OH is 3. The Kier molecular flexibility index (Phi) is 21.3. The number of ether oxygens (including phenoxy) is 5. The van der Waals surface area contributed by atoms with E-state index in [2.05, 4.69) is 0 Å². The third kappa shape index (κ3) is 14.5. The van der Waals surface area contributed by atoms with Crippen LogP contribution in [0.15, 0.2) is 47.6 Å². The Balaban J connectivity index is 1.70. The van der Waals surface area contributed by atoms with Crippen LogP contribution in [0.25, 0.3) is 0 Å². The molecule has 4 aliphatic rings. The van der Waals surface area contributed by atoms with Crippen molar-refractivity contribution in [2.75, 3.05) is 27.9 Å². The van der Waals surface area contributed by atoms with E-state index in [1.54, 1.807) is 41.1 Å². The highest BCUT2D eigenvalue weighted by molar-refractivity contribution is 6.39. The summed E-state index contributed by atoms with van der Waals surface area (Å²) in [6.45, 7) is 13.0. The second kappa shape index (κ2) is 25.3. The highest BCUT2D eigenvalue weighted by Crippen LogP contribution is 2.38.